The lowest BCUT2D eigenvalue weighted by Gasteiger charge is -2.19. The van der Waals surface area contributed by atoms with E-state index in [1.54, 1.807) is 4.68 Å². The van der Waals surface area contributed by atoms with Crippen molar-refractivity contribution in [2.45, 2.75) is 32.4 Å². The van der Waals surface area contributed by atoms with E-state index in [1.807, 2.05) is 26.4 Å². The molecule has 0 spiro atoms. The van der Waals surface area contributed by atoms with Crippen molar-refractivity contribution in [2.75, 3.05) is 6.61 Å². The van der Waals surface area contributed by atoms with Crippen molar-refractivity contribution in [3.05, 3.63) is 18.0 Å². The maximum Gasteiger partial charge on any atom is 0.0582 e. The topological polar surface area (TPSA) is 50.1 Å². The molecule has 1 heterocycles. The van der Waals surface area contributed by atoms with Crippen LogP contribution in [0.4, 0.5) is 0 Å². The van der Waals surface area contributed by atoms with Crippen LogP contribution in [-0.2, 0) is 7.05 Å². The Morgan fingerprint density at radius 2 is 2.36 bits per heavy atom. The van der Waals surface area contributed by atoms with Gasteiger partial charge in [-0.2, -0.15) is 5.10 Å². The summed E-state index contributed by atoms with van der Waals surface area (Å²) in [5, 5.41) is 16.4. The van der Waals surface area contributed by atoms with E-state index in [2.05, 4.69) is 17.3 Å². The van der Waals surface area contributed by atoms with Crippen LogP contribution in [0.15, 0.2) is 12.4 Å². The first-order chi connectivity index (χ1) is 6.67. The van der Waals surface area contributed by atoms with Crippen LogP contribution in [0, 0.1) is 0 Å². The first-order valence-corrected chi connectivity index (χ1v) is 5.02. The van der Waals surface area contributed by atoms with Gasteiger partial charge in [-0.25, -0.2) is 0 Å². The van der Waals surface area contributed by atoms with Gasteiger partial charge in [-0.05, 0) is 13.3 Å². The number of rotatable bonds is 5. The average Bonchev–Trinajstić information content (AvgIpc) is 2.60. The molecular formula is C10H19N3O. The Hall–Kier alpha value is -0.870. The Bertz CT molecular complexity index is 272. The number of aromatic nitrogens is 2. The highest BCUT2D eigenvalue weighted by Crippen LogP contribution is 2.15. The van der Waals surface area contributed by atoms with Crippen LogP contribution in [0.5, 0.6) is 0 Å². The predicted molar refractivity (Wildman–Crippen MR) is 55.9 cm³/mol. The van der Waals surface area contributed by atoms with Gasteiger partial charge in [-0.15, -0.1) is 0 Å². The Kier molecular flexibility index (Phi) is 4.10. The zero-order valence-electron chi connectivity index (χ0n) is 9.07. The zero-order valence-corrected chi connectivity index (χ0v) is 9.07. The molecule has 0 bridgehead atoms. The molecule has 2 atom stereocenters. The molecule has 0 saturated carbocycles. The highest BCUT2D eigenvalue weighted by Gasteiger charge is 2.12. The predicted octanol–water partition coefficient (Wildman–Crippen LogP) is 0.842. The molecule has 0 aromatic carbocycles. The van der Waals surface area contributed by atoms with Crippen LogP contribution in [0.25, 0.3) is 0 Å². The molecule has 2 N–H and O–H groups in total. The van der Waals surface area contributed by atoms with E-state index in [0.29, 0.717) is 0 Å². The van der Waals surface area contributed by atoms with E-state index in [-0.39, 0.29) is 18.7 Å². The lowest BCUT2D eigenvalue weighted by atomic mass is 10.1. The van der Waals surface area contributed by atoms with Gasteiger partial charge in [-0.1, -0.05) is 6.92 Å². The van der Waals surface area contributed by atoms with Crippen LogP contribution in [0.2, 0.25) is 0 Å². The van der Waals surface area contributed by atoms with Gasteiger partial charge in [0.2, 0.25) is 0 Å². The van der Waals surface area contributed by atoms with Gasteiger partial charge in [-0.3, -0.25) is 4.68 Å². The lowest BCUT2D eigenvalue weighted by molar-refractivity contribution is 0.239. The van der Waals surface area contributed by atoms with Crippen LogP contribution < -0.4 is 5.32 Å². The van der Waals surface area contributed by atoms with Gasteiger partial charge in [0.15, 0.2) is 0 Å². The molecule has 14 heavy (non-hydrogen) atoms. The summed E-state index contributed by atoms with van der Waals surface area (Å²) in [5.74, 6) is 0. The second kappa shape index (κ2) is 5.12. The van der Waals surface area contributed by atoms with E-state index in [0.717, 1.165) is 6.42 Å². The van der Waals surface area contributed by atoms with Crippen LogP contribution in [0.3, 0.4) is 0 Å². The van der Waals surface area contributed by atoms with Crippen LogP contribution in [-0.4, -0.2) is 27.5 Å². The summed E-state index contributed by atoms with van der Waals surface area (Å²) in [4.78, 5) is 0. The van der Waals surface area contributed by atoms with Crippen molar-refractivity contribution in [1.29, 1.82) is 0 Å². The number of nitrogens with zero attached hydrogens (tertiary/aromatic N) is 2. The van der Waals surface area contributed by atoms with Gasteiger partial charge < -0.3 is 10.4 Å². The van der Waals surface area contributed by atoms with Crippen molar-refractivity contribution < 1.29 is 5.11 Å². The molecule has 80 valence electrons. The van der Waals surface area contributed by atoms with E-state index in [9.17, 15) is 0 Å². The summed E-state index contributed by atoms with van der Waals surface area (Å²) in [7, 11) is 1.91. The summed E-state index contributed by atoms with van der Waals surface area (Å²) in [6.45, 7) is 4.25. The van der Waals surface area contributed by atoms with Crippen molar-refractivity contribution >= 4 is 0 Å². The van der Waals surface area contributed by atoms with Crippen molar-refractivity contribution in [1.82, 2.24) is 15.1 Å². The molecule has 0 aliphatic carbocycles. The smallest absolute Gasteiger partial charge is 0.0582 e. The van der Waals surface area contributed by atoms with Crippen LogP contribution >= 0.6 is 0 Å². The number of aliphatic hydroxyl groups is 1. The molecule has 0 amide bonds. The fourth-order valence-electron chi connectivity index (χ4n) is 1.47. The number of aliphatic hydroxyl groups excluding tert-OH is 1. The monoisotopic (exact) mass is 197 g/mol. The fourth-order valence-corrected chi connectivity index (χ4v) is 1.47. The minimum Gasteiger partial charge on any atom is -0.395 e. The maximum absolute atomic E-state index is 8.95. The van der Waals surface area contributed by atoms with Gasteiger partial charge in [0.1, 0.15) is 0 Å². The lowest BCUT2D eigenvalue weighted by Crippen LogP contribution is -2.32. The summed E-state index contributed by atoms with van der Waals surface area (Å²) >= 11 is 0. The third-order valence-corrected chi connectivity index (χ3v) is 2.30. The van der Waals surface area contributed by atoms with Gasteiger partial charge in [0.05, 0.1) is 12.8 Å². The van der Waals surface area contributed by atoms with Crippen molar-refractivity contribution in [3.63, 3.8) is 0 Å². The molecule has 0 aliphatic heterocycles. The molecule has 0 aliphatic rings. The molecule has 0 radical (unpaired) electrons. The molecule has 4 heteroatoms. The number of nitrogens with one attached hydrogen (secondary N) is 1. The van der Waals surface area contributed by atoms with E-state index < -0.39 is 0 Å². The Labute approximate surface area is 84.9 Å². The maximum atomic E-state index is 8.95. The third-order valence-electron chi connectivity index (χ3n) is 2.30. The van der Waals surface area contributed by atoms with Crippen molar-refractivity contribution in [2.24, 2.45) is 7.05 Å². The number of hydrogen-bond donors (Lipinski definition) is 2. The van der Waals surface area contributed by atoms with Crippen molar-refractivity contribution in [3.8, 4) is 0 Å². The quantitative estimate of drug-likeness (QED) is 0.735. The first-order valence-electron chi connectivity index (χ1n) is 5.02. The largest absolute Gasteiger partial charge is 0.395 e. The molecule has 1 rings (SSSR count). The van der Waals surface area contributed by atoms with E-state index in [4.69, 9.17) is 5.11 Å². The molecule has 0 fully saturated rings. The molecular weight excluding hydrogens is 178 g/mol. The number of aryl methyl sites for hydroxylation is 1. The van der Waals surface area contributed by atoms with Gasteiger partial charge >= 0.3 is 0 Å². The summed E-state index contributed by atoms with van der Waals surface area (Å²) in [5.41, 5.74) is 1.18. The third kappa shape index (κ3) is 2.82. The summed E-state index contributed by atoms with van der Waals surface area (Å²) < 4.78 is 1.79. The second-order valence-electron chi connectivity index (χ2n) is 3.66. The second-order valence-corrected chi connectivity index (χ2v) is 3.66. The van der Waals surface area contributed by atoms with E-state index in [1.165, 1.54) is 5.56 Å². The Morgan fingerprint density at radius 3 is 2.79 bits per heavy atom. The standard InChI is InChI=1S/C10H19N3O/c1-4-10(12-8(2)7-14)9-5-11-13(3)6-9/h5-6,8,10,12,14H,4,7H2,1-3H3. The molecule has 1 aromatic rings. The highest BCUT2D eigenvalue weighted by molar-refractivity contribution is 5.10. The molecule has 2 unspecified atom stereocenters. The molecule has 4 nitrogen and oxygen atoms in total. The average molecular weight is 197 g/mol. The normalized spacial score (nSPS) is 15.4. The highest BCUT2D eigenvalue weighted by atomic mass is 16.3. The van der Waals surface area contributed by atoms with Crippen LogP contribution in [0.1, 0.15) is 31.9 Å². The first kappa shape index (κ1) is 11.2. The number of hydrogen-bond acceptors (Lipinski definition) is 3. The molecule has 1 aromatic heterocycles. The zero-order chi connectivity index (χ0) is 10.6. The Balaban J connectivity index is 2.62. The van der Waals surface area contributed by atoms with Gasteiger partial charge in [0.25, 0.3) is 0 Å². The summed E-state index contributed by atoms with van der Waals surface area (Å²) in [6, 6.07) is 0.408. The fraction of sp³-hybridized carbons (Fsp3) is 0.700. The van der Waals surface area contributed by atoms with Gasteiger partial charge in [0, 0.05) is 30.9 Å². The minimum absolute atomic E-state index is 0.125. The summed E-state index contributed by atoms with van der Waals surface area (Å²) in [6.07, 6.45) is 4.87. The Morgan fingerprint density at radius 1 is 1.64 bits per heavy atom. The minimum atomic E-state index is 0.125. The van der Waals surface area contributed by atoms with E-state index >= 15 is 0 Å². The molecule has 0 saturated heterocycles. The SMILES string of the molecule is CCC(NC(C)CO)c1cnn(C)c1.